The molecule has 4 heteroatoms. The van der Waals surface area contributed by atoms with E-state index in [2.05, 4.69) is 13.8 Å². The lowest BCUT2D eigenvalue weighted by Crippen LogP contribution is -1.98. The fraction of sp³-hybridized carbons (Fsp3) is 0.455. The van der Waals surface area contributed by atoms with Gasteiger partial charge in [0.2, 0.25) is 0 Å². The molecule has 3 aromatic carbocycles. The van der Waals surface area contributed by atoms with Gasteiger partial charge in [-0.3, -0.25) is 0 Å². The van der Waals surface area contributed by atoms with E-state index in [1.165, 1.54) is 51.4 Å². The fourth-order valence-electron chi connectivity index (χ4n) is 4.42. The maximum absolute atomic E-state index is 15.1. The van der Waals surface area contributed by atoms with Gasteiger partial charge in [-0.05, 0) is 48.2 Å². The Morgan fingerprint density at radius 3 is 1.19 bits per heavy atom. The van der Waals surface area contributed by atoms with Gasteiger partial charge in [-0.25, -0.2) is 8.78 Å². The van der Waals surface area contributed by atoms with E-state index in [1.54, 1.807) is 36.4 Å². The molecule has 0 spiro atoms. The van der Waals surface area contributed by atoms with E-state index in [9.17, 15) is 0 Å². The third kappa shape index (κ3) is 9.18. The summed E-state index contributed by atoms with van der Waals surface area (Å²) in [7, 11) is 0. The maximum Gasteiger partial charge on any atom is 0.167 e. The van der Waals surface area contributed by atoms with Crippen LogP contribution < -0.4 is 9.47 Å². The van der Waals surface area contributed by atoms with Crippen molar-refractivity contribution in [1.82, 2.24) is 0 Å². The van der Waals surface area contributed by atoms with Crippen molar-refractivity contribution in [3.63, 3.8) is 0 Å². The molecule has 0 saturated carbocycles. The molecule has 0 unspecified atom stereocenters. The molecule has 0 radical (unpaired) electrons. The van der Waals surface area contributed by atoms with Gasteiger partial charge in [0.25, 0.3) is 0 Å². The first-order chi connectivity index (χ1) is 18.1. The number of benzene rings is 3. The van der Waals surface area contributed by atoms with Gasteiger partial charge in [-0.2, -0.15) is 0 Å². The summed E-state index contributed by atoms with van der Waals surface area (Å²) in [5, 5.41) is 0. The number of hydrogen-bond acceptors (Lipinski definition) is 2. The number of unbranched alkanes of at least 4 members (excludes halogenated alkanes) is 9. The van der Waals surface area contributed by atoms with Gasteiger partial charge in [-0.15, -0.1) is 0 Å². The topological polar surface area (TPSA) is 18.5 Å². The molecule has 3 aromatic rings. The molecule has 3 rings (SSSR count). The van der Waals surface area contributed by atoms with E-state index in [0.717, 1.165) is 30.8 Å². The first-order valence-electron chi connectivity index (χ1n) is 14.1. The molecule has 2 nitrogen and oxygen atoms in total. The fourth-order valence-corrected chi connectivity index (χ4v) is 4.42. The summed E-state index contributed by atoms with van der Waals surface area (Å²) in [4.78, 5) is 0. The molecule has 0 aliphatic heterocycles. The third-order valence-corrected chi connectivity index (χ3v) is 6.70. The number of hydrogen-bond donors (Lipinski definition) is 0. The lowest BCUT2D eigenvalue weighted by atomic mass is 9.98. The number of ether oxygens (including phenoxy) is 2. The van der Waals surface area contributed by atoms with Crippen LogP contribution >= 0.6 is 0 Å². The lowest BCUT2D eigenvalue weighted by Gasteiger charge is -2.11. The molecule has 0 aromatic heterocycles. The molecule has 0 heterocycles. The predicted octanol–water partition coefficient (Wildman–Crippen LogP) is 10.4. The summed E-state index contributed by atoms with van der Waals surface area (Å²) < 4.78 is 41.7. The van der Waals surface area contributed by atoms with Crippen molar-refractivity contribution in [3.05, 3.63) is 72.3 Å². The molecule has 0 aliphatic carbocycles. The van der Waals surface area contributed by atoms with Crippen LogP contribution in [0.15, 0.2) is 60.7 Å². The molecule has 0 amide bonds. The van der Waals surface area contributed by atoms with E-state index >= 15 is 8.78 Å². The van der Waals surface area contributed by atoms with Crippen LogP contribution in [-0.2, 0) is 0 Å². The third-order valence-electron chi connectivity index (χ3n) is 6.70. The van der Waals surface area contributed by atoms with Gasteiger partial charge in [0, 0.05) is 11.1 Å². The van der Waals surface area contributed by atoms with E-state index in [-0.39, 0.29) is 11.1 Å². The summed E-state index contributed by atoms with van der Waals surface area (Å²) >= 11 is 0. The molecule has 0 saturated heterocycles. The Bertz CT molecular complexity index is 1050. The van der Waals surface area contributed by atoms with Crippen LogP contribution in [0.2, 0.25) is 0 Å². The van der Waals surface area contributed by atoms with Gasteiger partial charge in [0.1, 0.15) is 11.5 Å². The van der Waals surface area contributed by atoms with Crippen molar-refractivity contribution < 1.29 is 18.3 Å². The van der Waals surface area contributed by atoms with Crippen LogP contribution in [0.1, 0.15) is 84.5 Å². The van der Waals surface area contributed by atoms with Crippen LogP contribution in [0.5, 0.6) is 11.5 Å². The Labute approximate surface area is 222 Å². The zero-order valence-corrected chi connectivity index (χ0v) is 22.5. The zero-order valence-electron chi connectivity index (χ0n) is 22.5. The molecule has 200 valence electrons. The Hall–Kier alpha value is -2.88. The minimum absolute atomic E-state index is 0.242. The monoisotopic (exact) mass is 508 g/mol. The molecule has 0 N–H and O–H groups in total. The molecular weight excluding hydrogens is 466 g/mol. The second-order valence-corrected chi connectivity index (χ2v) is 9.72. The first-order valence-corrected chi connectivity index (χ1v) is 14.1. The normalized spacial score (nSPS) is 11.0. The Morgan fingerprint density at radius 2 is 0.811 bits per heavy atom. The second kappa shape index (κ2) is 16.1. The van der Waals surface area contributed by atoms with Crippen LogP contribution in [0, 0.1) is 11.6 Å². The quantitative estimate of drug-likeness (QED) is 0.169. The lowest BCUT2D eigenvalue weighted by molar-refractivity contribution is 0.304. The molecule has 0 bridgehead atoms. The minimum atomic E-state index is -0.842. The van der Waals surface area contributed by atoms with Gasteiger partial charge >= 0.3 is 0 Å². The smallest absolute Gasteiger partial charge is 0.167 e. The summed E-state index contributed by atoms with van der Waals surface area (Å²) in [6.45, 7) is 5.76. The van der Waals surface area contributed by atoms with Gasteiger partial charge in [0.05, 0.1) is 13.2 Å². The van der Waals surface area contributed by atoms with Crippen molar-refractivity contribution in [2.24, 2.45) is 0 Å². The Morgan fingerprint density at radius 1 is 0.459 bits per heavy atom. The molecule has 0 fully saturated rings. The minimum Gasteiger partial charge on any atom is -0.494 e. The first kappa shape index (κ1) is 28.7. The molecule has 37 heavy (non-hydrogen) atoms. The van der Waals surface area contributed by atoms with Gasteiger partial charge in [-0.1, -0.05) is 108 Å². The largest absolute Gasteiger partial charge is 0.494 e. The highest BCUT2D eigenvalue weighted by atomic mass is 19.2. The standard InChI is InChI=1S/C33H42F2O2/c1-3-5-7-9-11-13-25-37-29-20-16-27(17-21-29)31-23-22-30(32(34)33(31)35)26-14-18-28(19-15-26)36-24-12-10-8-6-4-2/h14-23H,3-13,24-25H2,1-2H3. The highest BCUT2D eigenvalue weighted by molar-refractivity contribution is 5.72. The van der Waals surface area contributed by atoms with Crippen LogP contribution in [0.4, 0.5) is 8.78 Å². The van der Waals surface area contributed by atoms with Crippen molar-refractivity contribution in [1.29, 1.82) is 0 Å². The summed E-state index contributed by atoms with van der Waals surface area (Å²) in [5.41, 5.74) is 1.73. The molecular formula is C33H42F2O2. The van der Waals surface area contributed by atoms with Crippen molar-refractivity contribution in [2.75, 3.05) is 13.2 Å². The van der Waals surface area contributed by atoms with E-state index in [4.69, 9.17) is 9.47 Å². The van der Waals surface area contributed by atoms with Gasteiger partial charge < -0.3 is 9.47 Å². The highest BCUT2D eigenvalue weighted by Crippen LogP contribution is 2.33. The highest BCUT2D eigenvalue weighted by Gasteiger charge is 2.16. The van der Waals surface area contributed by atoms with Crippen molar-refractivity contribution in [3.8, 4) is 33.8 Å². The Balaban J connectivity index is 1.55. The number of halogens is 2. The van der Waals surface area contributed by atoms with Crippen LogP contribution in [-0.4, -0.2) is 13.2 Å². The van der Waals surface area contributed by atoms with E-state index < -0.39 is 11.6 Å². The summed E-state index contributed by atoms with van der Waals surface area (Å²) in [6, 6.07) is 17.7. The Kier molecular flexibility index (Phi) is 12.5. The van der Waals surface area contributed by atoms with Gasteiger partial charge in [0.15, 0.2) is 11.6 Å². The summed E-state index contributed by atoms with van der Waals surface area (Å²) in [6.07, 6.45) is 13.2. The molecule has 0 aliphatic rings. The average Bonchev–Trinajstić information content (AvgIpc) is 2.92. The van der Waals surface area contributed by atoms with Crippen molar-refractivity contribution >= 4 is 0 Å². The SMILES string of the molecule is CCCCCCCCOc1ccc(-c2ccc(-c3ccc(OCCCCCCC)cc3)c(F)c2F)cc1. The molecule has 0 atom stereocenters. The average molecular weight is 509 g/mol. The van der Waals surface area contributed by atoms with E-state index in [1.807, 2.05) is 24.3 Å². The summed E-state index contributed by atoms with van der Waals surface area (Å²) in [5.74, 6) is -0.190. The number of rotatable bonds is 17. The van der Waals surface area contributed by atoms with Crippen LogP contribution in [0.3, 0.4) is 0 Å². The zero-order chi connectivity index (χ0) is 26.3. The van der Waals surface area contributed by atoms with Crippen molar-refractivity contribution in [2.45, 2.75) is 84.5 Å². The second-order valence-electron chi connectivity index (χ2n) is 9.72. The maximum atomic E-state index is 15.1. The van der Waals surface area contributed by atoms with E-state index in [0.29, 0.717) is 24.3 Å². The van der Waals surface area contributed by atoms with Crippen LogP contribution in [0.25, 0.3) is 22.3 Å². The predicted molar refractivity (Wildman–Crippen MR) is 150 cm³/mol.